The Morgan fingerprint density at radius 2 is 2.06 bits per heavy atom. The molecule has 2 atom stereocenters. The first-order valence-electron chi connectivity index (χ1n) is 6.21. The summed E-state index contributed by atoms with van der Waals surface area (Å²) in [5.41, 5.74) is 6.92. The minimum Gasteiger partial charge on any atom is -0.348 e. The summed E-state index contributed by atoms with van der Waals surface area (Å²) in [6, 6.07) is 7.44. The van der Waals surface area contributed by atoms with Gasteiger partial charge in [-0.25, -0.2) is 0 Å². The Morgan fingerprint density at radius 3 is 2.61 bits per heavy atom. The standard InChI is InChI=1S/C14H21BrN2O/c1-9(2)7-13(16)14(18)17-10(3)11-5-4-6-12(15)8-11/h4-6,8-10,13H,7,16H2,1-3H3,(H,17,18)/t10?,13-/m1/s1. The number of rotatable bonds is 5. The van der Waals surface area contributed by atoms with Gasteiger partial charge in [-0.05, 0) is 37.0 Å². The third-order valence-electron chi connectivity index (χ3n) is 2.77. The number of hydrogen-bond donors (Lipinski definition) is 2. The molecule has 1 aromatic carbocycles. The lowest BCUT2D eigenvalue weighted by Crippen LogP contribution is -2.42. The van der Waals surface area contributed by atoms with Gasteiger partial charge in [-0.2, -0.15) is 0 Å². The van der Waals surface area contributed by atoms with E-state index in [2.05, 4.69) is 35.1 Å². The molecule has 1 unspecified atom stereocenters. The minimum absolute atomic E-state index is 0.0341. The third kappa shape index (κ3) is 4.78. The second kappa shape index (κ2) is 6.90. The molecule has 3 nitrogen and oxygen atoms in total. The van der Waals surface area contributed by atoms with E-state index in [1.165, 1.54) is 0 Å². The van der Waals surface area contributed by atoms with Crippen molar-refractivity contribution in [3.8, 4) is 0 Å². The fourth-order valence-corrected chi connectivity index (χ4v) is 2.21. The van der Waals surface area contributed by atoms with Crippen molar-refractivity contribution in [3.05, 3.63) is 34.3 Å². The molecule has 0 radical (unpaired) electrons. The van der Waals surface area contributed by atoms with Crippen molar-refractivity contribution in [1.29, 1.82) is 0 Å². The zero-order chi connectivity index (χ0) is 13.7. The number of nitrogens with one attached hydrogen (secondary N) is 1. The highest BCUT2D eigenvalue weighted by atomic mass is 79.9. The van der Waals surface area contributed by atoms with E-state index in [4.69, 9.17) is 5.73 Å². The number of carbonyl (C=O) groups is 1. The lowest BCUT2D eigenvalue weighted by atomic mass is 10.0. The second-order valence-electron chi connectivity index (χ2n) is 5.02. The molecular weight excluding hydrogens is 292 g/mol. The maximum Gasteiger partial charge on any atom is 0.237 e. The van der Waals surface area contributed by atoms with Crippen LogP contribution in [0.25, 0.3) is 0 Å². The third-order valence-corrected chi connectivity index (χ3v) is 3.26. The van der Waals surface area contributed by atoms with E-state index in [0.717, 1.165) is 10.0 Å². The van der Waals surface area contributed by atoms with E-state index in [1.54, 1.807) is 0 Å². The predicted molar refractivity (Wildman–Crippen MR) is 78.1 cm³/mol. The summed E-state index contributed by atoms with van der Waals surface area (Å²) in [6.45, 7) is 6.08. The summed E-state index contributed by atoms with van der Waals surface area (Å²) in [4.78, 5) is 11.9. The largest absolute Gasteiger partial charge is 0.348 e. The van der Waals surface area contributed by atoms with Gasteiger partial charge in [-0.3, -0.25) is 4.79 Å². The average Bonchev–Trinajstić information content (AvgIpc) is 2.27. The van der Waals surface area contributed by atoms with E-state index in [9.17, 15) is 4.79 Å². The number of nitrogens with two attached hydrogens (primary N) is 1. The molecule has 0 aromatic heterocycles. The van der Waals surface area contributed by atoms with Crippen LogP contribution in [0.3, 0.4) is 0 Å². The van der Waals surface area contributed by atoms with Crippen LogP contribution in [0.2, 0.25) is 0 Å². The highest BCUT2D eigenvalue weighted by molar-refractivity contribution is 9.10. The molecule has 0 saturated heterocycles. The Bertz CT molecular complexity index is 407. The Morgan fingerprint density at radius 1 is 1.39 bits per heavy atom. The van der Waals surface area contributed by atoms with Crippen LogP contribution >= 0.6 is 15.9 Å². The fraction of sp³-hybridized carbons (Fsp3) is 0.500. The van der Waals surface area contributed by atoms with Crippen LogP contribution in [0.4, 0.5) is 0 Å². The van der Waals surface area contributed by atoms with Crippen LogP contribution in [0.1, 0.15) is 38.8 Å². The van der Waals surface area contributed by atoms with E-state index in [0.29, 0.717) is 12.3 Å². The van der Waals surface area contributed by atoms with Gasteiger partial charge in [0.05, 0.1) is 12.1 Å². The average molecular weight is 313 g/mol. The first-order valence-corrected chi connectivity index (χ1v) is 7.01. The van der Waals surface area contributed by atoms with Gasteiger partial charge in [-0.15, -0.1) is 0 Å². The summed E-state index contributed by atoms with van der Waals surface area (Å²) in [7, 11) is 0. The smallest absolute Gasteiger partial charge is 0.237 e. The molecule has 0 bridgehead atoms. The molecule has 3 N–H and O–H groups in total. The van der Waals surface area contributed by atoms with Crippen molar-refractivity contribution in [1.82, 2.24) is 5.32 Å². The van der Waals surface area contributed by atoms with E-state index in [1.807, 2.05) is 31.2 Å². The SMILES string of the molecule is CC(C)C[C@@H](N)C(=O)NC(C)c1cccc(Br)c1. The van der Waals surface area contributed by atoms with Crippen LogP contribution < -0.4 is 11.1 Å². The van der Waals surface area contributed by atoms with E-state index < -0.39 is 6.04 Å². The van der Waals surface area contributed by atoms with Gasteiger partial charge in [0.25, 0.3) is 0 Å². The lowest BCUT2D eigenvalue weighted by molar-refractivity contribution is -0.123. The van der Waals surface area contributed by atoms with Gasteiger partial charge in [0.1, 0.15) is 0 Å². The minimum atomic E-state index is -0.431. The first-order chi connectivity index (χ1) is 8.40. The van der Waals surface area contributed by atoms with Crippen molar-refractivity contribution >= 4 is 21.8 Å². The van der Waals surface area contributed by atoms with Crippen molar-refractivity contribution in [2.24, 2.45) is 11.7 Å². The Balaban J connectivity index is 2.59. The summed E-state index contributed by atoms with van der Waals surface area (Å²) >= 11 is 3.42. The molecule has 18 heavy (non-hydrogen) atoms. The zero-order valence-electron chi connectivity index (χ0n) is 11.1. The maximum absolute atomic E-state index is 11.9. The number of carbonyl (C=O) groups excluding carboxylic acids is 1. The van der Waals surface area contributed by atoms with Crippen molar-refractivity contribution in [2.45, 2.75) is 39.3 Å². The number of hydrogen-bond acceptors (Lipinski definition) is 2. The fourth-order valence-electron chi connectivity index (χ4n) is 1.79. The molecule has 0 spiro atoms. The normalized spacial score (nSPS) is 14.3. The Kier molecular flexibility index (Phi) is 5.82. The summed E-state index contributed by atoms with van der Waals surface area (Å²) < 4.78 is 1.01. The van der Waals surface area contributed by atoms with Crippen LogP contribution in [-0.2, 0) is 4.79 Å². The predicted octanol–water partition coefficient (Wildman–Crippen LogP) is 3.00. The van der Waals surface area contributed by atoms with Crippen molar-refractivity contribution in [3.63, 3.8) is 0 Å². The number of amides is 1. The van der Waals surface area contributed by atoms with Gasteiger partial charge >= 0.3 is 0 Å². The van der Waals surface area contributed by atoms with Crippen LogP contribution in [0.15, 0.2) is 28.7 Å². The van der Waals surface area contributed by atoms with Crippen molar-refractivity contribution in [2.75, 3.05) is 0 Å². The summed E-state index contributed by atoms with van der Waals surface area (Å²) in [5, 5.41) is 2.94. The molecule has 0 aliphatic rings. The highest BCUT2D eigenvalue weighted by Crippen LogP contribution is 2.18. The summed E-state index contributed by atoms with van der Waals surface area (Å²) in [5.74, 6) is 0.336. The summed E-state index contributed by atoms with van der Waals surface area (Å²) in [6.07, 6.45) is 0.705. The number of halogens is 1. The second-order valence-corrected chi connectivity index (χ2v) is 5.94. The quantitative estimate of drug-likeness (QED) is 0.878. The molecule has 0 saturated carbocycles. The number of benzene rings is 1. The topological polar surface area (TPSA) is 55.1 Å². The molecule has 0 aliphatic carbocycles. The molecule has 1 amide bonds. The maximum atomic E-state index is 11.9. The van der Waals surface area contributed by atoms with Gasteiger partial charge in [0, 0.05) is 4.47 Å². The van der Waals surface area contributed by atoms with Gasteiger partial charge < -0.3 is 11.1 Å². The van der Waals surface area contributed by atoms with Crippen LogP contribution in [0, 0.1) is 5.92 Å². The van der Waals surface area contributed by atoms with Crippen LogP contribution in [0.5, 0.6) is 0 Å². The molecular formula is C14H21BrN2O. The monoisotopic (exact) mass is 312 g/mol. The molecule has 0 fully saturated rings. The van der Waals surface area contributed by atoms with Gasteiger partial charge in [0.15, 0.2) is 0 Å². The van der Waals surface area contributed by atoms with Gasteiger partial charge in [0.2, 0.25) is 5.91 Å². The molecule has 0 heterocycles. The van der Waals surface area contributed by atoms with Gasteiger partial charge in [-0.1, -0.05) is 41.9 Å². The lowest BCUT2D eigenvalue weighted by Gasteiger charge is -2.19. The van der Waals surface area contributed by atoms with E-state index >= 15 is 0 Å². The van der Waals surface area contributed by atoms with E-state index in [-0.39, 0.29) is 11.9 Å². The molecule has 4 heteroatoms. The molecule has 0 aliphatic heterocycles. The first kappa shape index (κ1) is 15.2. The molecule has 100 valence electrons. The van der Waals surface area contributed by atoms with Crippen LogP contribution in [-0.4, -0.2) is 11.9 Å². The zero-order valence-corrected chi connectivity index (χ0v) is 12.7. The Hall–Kier alpha value is -0.870. The Labute approximate surface area is 117 Å². The van der Waals surface area contributed by atoms with Crippen molar-refractivity contribution < 1.29 is 4.79 Å². The molecule has 1 aromatic rings. The highest BCUT2D eigenvalue weighted by Gasteiger charge is 2.17. The molecule has 1 rings (SSSR count).